The second-order valence-electron chi connectivity index (χ2n) is 3.25. The van der Waals surface area contributed by atoms with Crippen molar-refractivity contribution >= 4 is 11.8 Å². The third-order valence-electron chi connectivity index (χ3n) is 1.99. The molecular weight excluding hydrogens is 242 g/mol. The van der Waals surface area contributed by atoms with Crippen molar-refractivity contribution in [1.82, 2.24) is 15.1 Å². The lowest BCUT2D eigenvalue weighted by atomic mass is 10.3. The number of aliphatic hydroxyl groups excluding tert-OH is 1. The average molecular weight is 253 g/mol. The second kappa shape index (κ2) is 5.65. The van der Waals surface area contributed by atoms with E-state index in [9.17, 15) is 4.79 Å². The molecule has 0 radical (unpaired) electrons. The molecule has 0 aliphatic rings. The predicted octanol–water partition coefficient (Wildman–Crippen LogP) is 0.899. The molecule has 2 heterocycles. The fourth-order valence-electron chi connectivity index (χ4n) is 1.20. The lowest BCUT2D eigenvalue weighted by Gasteiger charge is -2.00. The van der Waals surface area contributed by atoms with Gasteiger partial charge >= 0.3 is 5.76 Å². The van der Waals surface area contributed by atoms with E-state index in [-0.39, 0.29) is 6.61 Å². The van der Waals surface area contributed by atoms with Gasteiger partial charge in [-0.05, 0) is 18.6 Å². The third kappa shape index (κ3) is 3.18. The van der Waals surface area contributed by atoms with Gasteiger partial charge in [-0.15, -0.1) is 11.8 Å². The first-order valence-electron chi connectivity index (χ1n) is 5.05. The molecule has 0 saturated heterocycles. The molecule has 0 fully saturated rings. The highest BCUT2D eigenvalue weighted by atomic mass is 32.2. The fourth-order valence-corrected chi connectivity index (χ4v) is 2.00. The number of aromatic nitrogens is 3. The Labute approximate surface area is 101 Å². The summed E-state index contributed by atoms with van der Waals surface area (Å²) < 4.78 is 4.39. The van der Waals surface area contributed by atoms with Gasteiger partial charge in [0.25, 0.3) is 0 Å². The van der Waals surface area contributed by atoms with Gasteiger partial charge in [-0.1, -0.05) is 5.16 Å². The third-order valence-corrected chi connectivity index (χ3v) is 3.06. The van der Waals surface area contributed by atoms with E-state index in [1.165, 1.54) is 0 Å². The highest BCUT2D eigenvalue weighted by Crippen LogP contribution is 2.19. The van der Waals surface area contributed by atoms with Crippen LogP contribution in [0.25, 0.3) is 11.5 Å². The van der Waals surface area contributed by atoms with Crippen LogP contribution in [-0.2, 0) is 0 Å². The summed E-state index contributed by atoms with van der Waals surface area (Å²) in [5, 5.41) is 12.2. The summed E-state index contributed by atoms with van der Waals surface area (Å²) in [5.74, 6) is 0.573. The van der Waals surface area contributed by atoms with Gasteiger partial charge in [0.2, 0.25) is 5.82 Å². The Morgan fingerprint density at radius 3 is 2.94 bits per heavy atom. The van der Waals surface area contributed by atoms with E-state index < -0.39 is 5.76 Å². The minimum Gasteiger partial charge on any atom is -0.396 e. The summed E-state index contributed by atoms with van der Waals surface area (Å²) in [6.07, 6.45) is 2.45. The van der Waals surface area contributed by atoms with Crippen molar-refractivity contribution in [3.63, 3.8) is 0 Å². The maximum absolute atomic E-state index is 10.8. The number of hydrogen-bond donors (Lipinski definition) is 2. The molecule has 0 unspecified atom stereocenters. The Bertz CT molecular complexity index is 520. The Kier molecular flexibility index (Phi) is 3.94. The molecule has 2 rings (SSSR count). The van der Waals surface area contributed by atoms with Crippen LogP contribution < -0.4 is 5.76 Å². The van der Waals surface area contributed by atoms with Crippen LogP contribution in [-0.4, -0.2) is 32.6 Å². The van der Waals surface area contributed by atoms with Crippen molar-refractivity contribution in [1.29, 1.82) is 0 Å². The minimum absolute atomic E-state index is 0.193. The monoisotopic (exact) mass is 253 g/mol. The van der Waals surface area contributed by atoms with Gasteiger partial charge in [-0.3, -0.25) is 14.5 Å². The Balaban J connectivity index is 2.05. The van der Waals surface area contributed by atoms with Gasteiger partial charge in [0.1, 0.15) is 5.69 Å². The topological polar surface area (TPSA) is 92.0 Å². The SMILES string of the molecule is O=c1[nH]c(-c2ccc(SCCCO)cn2)no1. The molecule has 6 nitrogen and oxygen atoms in total. The molecule has 0 amide bonds. The largest absolute Gasteiger partial charge is 0.439 e. The number of nitrogens with zero attached hydrogens (tertiary/aromatic N) is 2. The number of rotatable bonds is 5. The summed E-state index contributed by atoms with van der Waals surface area (Å²) in [5.41, 5.74) is 0.558. The van der Waals surface area contributed by atoms with Gasteiger partial charge in [0.05, 0.1) is 0 Å². The maximum atomic E-state index is 10.8. The molecule has 17 heavy (non-hydrogen) atoms. The Hall–Kier alpha value is -1.60. The fraction of sp³-hybridized carbons (Fsp3) is 0.300. The van der Waals surface area contributed by atoms with Gasteiger partial charge in [0, 0.05) is 23.5 Å². The molecule has 0 bridgehead atoms. The molecule has 0 atom stereocenters. The maximum Gasteiger partial charge on any atom is 0.439 e. The summed E-state index contributed by atoms with van der Waals surface area (Å²) in [6, 6.07) is 3.65. The van der Waals surface area contributed by atoms with Gasteiger partial charge in [0.15, 0.2) is 0 Å². The average Bonchev–Trinajstić information content (AvgIpc) is 2.77. The lowest BCUT2D eigenvalue weighted by molar-refractivity contribution is 0.296. The lowest BCUT2D eigenvalue weighted by Crippen LogP contribution is -1.95. The van der Waals surface area contributed by atoms with E-state index in [1.807, 2.05) is 6.07 Å². The summed E-state index contributed by atoms with van der Waals surface area (Å²) in [4.78, 5) is 18.4. The highest BCUT2D eigenvalue weighted by molar-refractivity contribution is 7.99. The molecule has 0 saturated carbocycles. The number of aromatic amines is 1. The zero-order chi connectivity index (χ0) is 12.1. The van der Waals surface area contributed by atoms with Gasteiger partial charge in [-0.2, -0.15) is 0 Å². The van der Waals surface area contributed by atoms with Crippen LogP contribution in [0.4, 0.5) is 0 Å². The van der Waals surface area contributed by atoms with Crippen LogP contribution in [0.15, 0.2) is 32.5 Å². The molecule has 7 heteroatoms. The zero-order valence-electron chi connectivity index (χ0n) is 8.92. The number of thioether (sulfide) groups is 1. The first kappa shape index (κ1) is 11.9. The van der Waals surface area contributed by atoms with E-state index in [1.54, 1.807) is 24.0 Å². The minimum atomic E-state index is -0.594. The summed E-state index contributed by atoms with van der Waals surface area (Å²) in [6.45, 7) is 0.193. The van der Waals surface area contributed by atoms with Crippen LogP contribution >= 0.6 is 11.8 Å². The van der Waals surface area contributed by atoms with E-state index in [0.717, 1.165) is 17.1 Å². The van der Waals surface area contributed by atoms with Crippen LogP contribution in [0.5, 0.6) is 0 Å². The molecule has 2 aromatic rings. The van der Waals surface area contributed by atoms with Crippen LogP contribution in [0, 0.1) is 0 Å². The molecule has 0 aromatic carbocycles. The van der Waals surface area contributed by atoms with E-state index in [0.29, 0.717) is 11.5 Å². The summed E-state index contributed by atoms with van der Waals surface area (Å²) in [7, 11) is 0. The van der Waals surface area contributed by atoms with Gasteiger partial charge < -0.3 is 5.11 Å². The first-order chi connectivity index (χ1) is 8.29. The number of pyridine rings is 1. The molecule has 90 valence electrons. The highest BCUT2D eigenvalue weighted by Gasteiger charge is 2.05. The van der Waals surface area contributed by atoms with Crippen molar-refractivity contribution in [2.24, 2.45) is 0 Å². The molecule has 2 aromatic heterocycles. The van der Waals surface area contributed by atoms with Crippen LogP contribution in [0.3, 0.4) is 0 Å². The van der Waals surface area contributed by atoms with Crippen molar-refractivity contribution in [2.75, 3.05) is 12.4 Å². The quantitative estimate of drug-likeness (QED) is 0.607. The number of nitrogens with one attached hydrogen (secondary N) is 1. The smallest absolute Gasteiger partial charge is 0.396 e. The van der Waals surface area contributed by atoms with E-state index >= 15 is 0 Å². The summed E-state index contributed by atoms with van der Waals surface area (Å²) >= 11 is 1.62. The van der Waals surface area contributed by atoms with E-state index in [2.05, 4.69) is 19.6 Å². The van der Waals surface area contributed by atoms with Crippen molar-refractivity contribution in [3.05, 3.63) is 28.9 Å². The molecule has 0 aliphatic carbocycles. The number of H-pyrrole nitrogens is 1. The Morgan fingerprint density at radius 2 is 2.35 bits per heavy atom. The second-order valence-corrected chi connectivity index (χ2v) is 4.42. The number of hydrogen-bond acceptors (Lipinski definition) is 6. The molecular formula is C10H11N3O3S. The normalized spacial score (nSPS) is 10.6. The molecule has 0 aliphatic heterocycles. The van der Waals surface area contributed by atoms with Crippen LogP contribution in [0.1, 0.15) is 6.42 Å². The van der Waals surface area contributed by atoms with E-state index in [4.69, 9.17) is 5.11 Å². The van der Waals surface area contributed by atoms with Crippen molar-refractivity contribution < 1.29 is 9.63 Å². The zero-order valence-corrected chi connectivity index (χ0v) is 9.74. The standard InChI is InChI=1S/C10H11N3O3S/c14-4-1-5-17-7-2-3-8(11-6-7)9-12-10(15)16-13-9/h2-3,6,14H,1,4-5H2,(H,12,13,15). The van der Waals surface area contributed by atoms with Crippen molar-refractivity contribution in [2.45, 2.75) is 11.3 Å². The number of aliphatic hydroxyl groups is 1. The van der Waals surface area contributed by atoms with Crippen LogP contribution in [0.2, 0.25) is 0 Å². The van der Waals surface area contributed by atoms with Gasteiger partial charge in [-0.25, -0.2) is 4.79 Å². The first-order valence-corrected chi connectivity index (χ1v) is 6.04. The predicted molar refractivity (Wildman–Crippen MR) is 62.8 cm³/mol. The Morgan fingerprint density at radius 1 is 1.47 bits per heavy atom. The molecule has 0 spiro atoms. The molecule has 2 N–H and O–H groups in total. The van der Waals surface area contributed by atoms with Crippen molar-refractivity contribution in [3.8, 4) is 11.5 Å².